The third-order valence-electron chi connectivity index (χ3n) is 1.98. The molecular weight excluding hydrogens is 198 g/mol. The molecule has 16 heavy (non-hydrogen) atoms. The molecular formula is C14H23NO. The second-order valence-corrected chi connectivity index (χ2v) is 3.23. The lowest BCUT2D eigenvalue weighted by Gasteiger charge is -2.03. The molecule has 1 rings (SSSR count). The van der Waals surface area contributed by atoms with Gasteiger partial charge in [0.25, 0.3) is 0 Å². The van der Waals surface area contributed by atoms with Crippen molar-refractivity contribution in [2.75, 3.05) is 6.54 Å². The summed E-state index contributed by atoms with van der Waals surface area (Å²) < 4.78 is 0. The zero-order valence-corrected chi connectivity index (χ0v) is 10.4. The van der Waals surface area contributed by atoms with Crippen LogP contribution < -0.4 is 5.32 Å². The minimum atomic E-state index is -0.113. The van der Waals surface area contributed by atoms with Gasteiger partial charge < -0.3 is 5.32 Å². The average Bonchev–Trinajstić information content (AvgIpc) is 2.31. The largest absolute Gasteiger partial charge is 0.352 e. The Morgan fingerprint density at radius 2 is 2.19 bits per heavy atom. The van der Waals surface area contributed by atoms with Gasteiger partial charge in [-0.25, -0.2) is 0 Å². The van der Waals surface area contributed by atoms with Crippen molar-refractivity contribution in [3.63, 3.8) is 0 Å². The molecule has 0 heterocycles. The zero-order chi connectivity index (χ0) is 12.4. The predicted molar refractivity (Wildman–Crippen MR) is 71.6 cm³/mol. The topological polar surface area (TPSA) is 29.1 Å². The Bertz CT molecular complexity index is 337. The fourth-order valence-corrected chi connectivity index (χ4v) is 1.27. The molecule has 0 fully saturated rings. The quantitative estimate of drug-likeness (QED) is 0.778. The van der Waals surface area contributed by atoms with E-state index in [-0.39, 0.29) is 7.33 Å². The Balaban J connectivity index is 0. The van der Waals surface area contributed by atoms with Gasteiger partial charge in [-0.1, -0.05) is 50.3 Å². The highest BCUT2D eigenvalue weighted by Crippen LogP contribution is 2.03. The van der Waals surface area contributed by atoms with E-state index in [0.29, 0.717) is 6.54 Å². The maximum absolute atomic E-state index is 10.8. The van der Waals surface area contributed by atoms with Crippen LogP contribution in [0, 0.1) is 6.92 Å². The van der Waals surface area contributed by atoms with Gasteiger partial charge in [0.1, 0.15) is 0 Å². The van der Waals surface area contributed by atoms with Crippen LogP contribution in [0.25, 0.3) is 0 Å². The molecule has 0 aliphatic heterocycles. The fourth-order valence-electron chi connectivity index (χ4n) is 1.27. The molecule has 0 aliphatic rings. The van der Waals surface area contributed by atoms with E-state index in [2.05, 4.69) is 37.0 Å². The summed E-state index contributed by atoms with van der Waals surface area (Å²) in [5.41, 5.74) is 2.49. The van der Waals surface area contributed by atoms with Gasteiger partial charge in [0.2, 0.25) is 5.91 Å². The van der Waals surface area contributed by atoms with E-state index in [4.69, 9.17) is 0 Å². The molecule has 1 aromatic rings. The summed E-state index contributed by atoms with van der Waals surface area (Å²) in [6.07, 6.45) is 2.15. The molecule has 0 bridgehead atoms. The molecule has 0 saturated carbocycles. The predicted octanol–water partition coefficient (Wildman–Crippen LogP) is 3.11. The first-order chi connectivity index (χ1) is 7.72. The number of nitrogens with one attached hydrogen (secondary N) is 1. The Labute approximate surface area is 99.9 Å². The van der Waals surface area contributed by atoms with E-state index in [1.165, 1.54) is 17.2 Å². The van der Waals surface area contributed by atoms with E-state index in [0.717, 1.165) is 6.42 Å². The van der Waals surface area contributed by atoms with E-state index in [9.17, 15) is 4.79 Å². The smallest absolute Gasteiger partial charge is 0.243 e. The second-order valence-electron chi connectivity index (χ2n) is 3.23. The first-order valence-corrected chi connectivity index (χ1v) is 5.68. The van der Waals surface area contributed by atoms with E-state index < -0.39 is 0 Å². The molecule has 1 amide bonds. The Morgan fingerprint density at radius 1 is 1.50 bits per heavy atom. The first-order valence-electron chi connectivity index (χ1n) is 5.68. The van der Waals surface area contributed by atoms with Gasteiger partial charge >= 0.3 is 0 Å². The number of carbonyl (C=O) groups is 1. The average molecular weight is 221 g/mol. The van der Waals surface area contributed by atoms with Crippen LogP contribution in [0.1, 0.15) is 26.4 Å². The SMILES string of the molecule is C=CC(=O)NCCc1cccc(C)c1.CC.[HH]. The van der Waals surface area contributed by atoms with Crippen LogP contribution >= 0.6 is 0 Å². The summed E-state index contributed by atoms with van der Waals surface area (Å²) in [6, 6.07) is 8.28. The summed E-state index contributed by atoms with van der Waals surface area (Å²) in [5, 5.41) is 2.74. The lowest BCUT2D eigenvalue weighted by Crippen LogP contribution is -2.23. The maximum Gasteiger partial charge on any atom is 0.243 e. The molecule has 0 atom stereocenters. The molecule has 0 unspecified atom stereocenters. The van der Waals surface area contributed by atoms with Crippen molar-refractivity contribution >= 4 is 5.91 Å². The van der Waals surface area contributed by atoms with Crippen molar-refractivity contribution in [3.05, 3.63) is 48.0 Å². The van der Waals surface area contributed by atoms with Gasteiger partial charge in [0.15, 0.2) is 0 Å². The van der Waals surface area contributed by atoms with Crippen molar-refractivity contribution in [1.82, 2.24) is 5.32 Å². The maximum atomic E-state index is 10.8. The summed E-state index contributed by atoms with van der Waals surface area (Å²) in [7, 11) is 0. The minimum absolute atomic E-state index is 0. The van der Waals surface area contributed by atoms with Crippen molar-refractivity contribution in [3.8, 4) is 0 Å². The number of carbonyl (C=O) groups excluding carboxylic acids is 1. The van der Waals surface area contributed by atoms with Crippen molar-refractivity contribution < 1.29 is 6.22 Å². The minimum Gasteiger partial charge on any atom is -0.352 e. The van der Waals surface area contributed by atoms with Crippen molar-refractivity contribution in [1.29, 1.82) is 0 Å². The Hall–Kier alpha value is -1.57. The van der Waals surface area contributed by atoms with Gasteiger partial charge in [-0.2, -0.15) is 0 Å². The van der Waals surface area contributed by atoms with Crippen LogP contribution in [0.3, 0.4) is 0 Å². The highest BCUT2D eigenvalue weighted by atomic mass is 16.1. The molecule has 0 aromatic heterocycles. The summed E-state index contributed by atoms with van der Waals surface area (Å²) in [4.78, 5) is 10.8. The van der Waals surface area contributed by atoms with Crippen LogP contribution in [-0.4, -0.2) is 12.5 Å². The number of hydrogen-bond donors (Lipinski definition) is 1. The van der Waals surface area contributed by atoms with Crippen molar-refractivity contribution in [2.45, 2.75) is 27.2 Å². The van der Waals surface area contributed by atoms with Crippen LogP contribution in [0.5, 0.6) is 0 Å². The monoisotopic (exact) mass is 221 g/mol. The number of aryl methyl sites for hydroxylation is 1. The number of rotatable bonds is 4. The molecule has 90 valence electrons. The number of hydrogen-bond acceptors (Lipinski definition) is 1. The standard InChI is InChI=1S/C12H15NO.C2H6.H2/c1-3-12(14)13-8-7-11-6-4-5-10(2)9-11;1-2;/h3-6,9H,1,7-8H2,2H3,(H,13,14);1-2H3;1H. The van der Waals surface area contributed by atoms with Crippen LogP contribution in [0.15, 0.2) is 36.9 Å². The first kappa shape index (κ1) is 14.4. The van der Waals surface area contributed by atoms with Gasteiger partial charge in [-0.3, -0.25) is 4.79 Å². The molecule has 1 N–H and O–H groups in total. The molecule has 2 nitrogen and oxygen atoms in total. The van der Waals surface area contributed by atoms with Crippen molar-refractivity contribution in [2.24, 2.45) is 0 Å². The van der Waals surface area contributed by atoms with E-state index in [1.54, 1.807) is 0 Å². The van der Waals surface area contributed by atoms with Gasteiger partial charge in [0.05, 0.1) is 0 Å². The van der Waals surface area contributed by atoms with Gasteiger partial charge in [-0.15, -0.1) is 0 Å². The van der Waals surface area contributed by atoms with Crippen LogP contribution in [0.2, 0.25) is 0 Å². The summed E-state index contributed by atoms with van der Waals surface area (Å²) >= 11 is 0. The van der Waals surface area contributed by atoms with Crippen LogP contribution in [0.4, 0.5) is 0 Å². The molecule has 2 heteroatoms. The highest BCUT2D eigenvalue weighted by Gasteiger charge is 1.95. The normalized spacial score (nSPS) is 8.69. The number of benzene rings is 1. The third-order valence-corrected chi connectivity index (χ3v) is 1.98. The Kier molecular flexibility index (Phi) is 7.86. The lowest BCUT2D eigenvalue weighted by molar-refractivity contribution is -0.116. The molecule has 0 saturated heterocycles. The Morgan fingerprint density at radius 3 is 2.75 bits per heavy atom. The molecule has 0 aliphatic carbocycles. The molecule has 0 radical (unpaired) electrons. The zero-order valence-electron chi connectivity index (χ0n) is 10.4. The summed E-state index contributed by atoms with van der Waals surface area (Å²) in [6.45, 7) is 10.1. The highest BCUT2D eigenvalue weighted by molar-refractivity contribution is 5.86. The van der Waals surface area contributed by atoms with Gasteiger partial charge in [0, 0.05) is 7.97 Å². The van der Waals surface area contributed by atoms with E-state index >= 15 is 0 Å². The van der Waals surface area contributed by atoms with Gasteiger partial charge in [-0.05, 0) is 25.0 Å². The number of amides is 1. The van der Waals surface area contributed by atoms with Crippen LogP contribution in [-0.2, 0) is 11.2 Å². The fraction of sp³-hybridized carbons (Fsp3) is 0.357. The molecule has 1 aromatic carbocycles. The summed E-state index contributed by atoms with van der Waals surface area (Å²) in [5.74, 6) is -0.113. The molecule has 0 spiro atoms. The van der Waals surface area contributed by atoms with E-state index in [1.807, 2.05) is 19.9 Å². The lowest BCUT2D eigenvalue weighted by atomic mass is 10.1. The second kappa shape index (κ2) is 8.72. The third kappa shape index (κ3) is 6.02.